The third-order valence-electron chi connectivity index (χ3n) is 2.73. The lowest BCUT2D eigenvalue weighted by atomic mass is 10.1. The molecule has 0 bridgehead atoms. The van der Waals surface area contributed by atoms with Crippen LogP contribution in [-0.2, 0) is 0 Å². The summed E-state index contributed by atoms with van der Waals surface area (Å²) < 4.78 is 2.46. The Bertz CT molecular complexity index is 666. The first-order valence-electron chi connectivity index (χ1n) is 5.70. The normalized spacial score (nSPS) is 10.4. The van der Waals surface area contributed by atoms with E-state index in [1.165, 1.54) is 0 Å². The first-order valence-corrected chi connectivity index (χ1v) is 8.08. The fourth-order valence-electron chi connectivity index (χ4n) is 1.66. The molecule has 3 nitrogen and oxygen atoms in total. The summed E-state index contributed by atoms with van der Waals surface area (Å²) in [6, 6.07) is 9.00. The molecule has 0 aliphatic rings. The summed E-state index contributed by atoms with van der Waals surface area (Å²) >= 11 is 10.1. The first-order chi connectivity index (χ1) is 9.36. The highest BCUT2D eigenvalue weighted by Crippen LogP contribution is 2.28. The van der Waals surface area contributed by atoms with Gasteiger partial charge in [-0.2, -0.15) is 0 Å². The van der Waals surface area contributed by atoms with Crippen molar-refractivity contribution in [3.8, 4) is 0 Å². The van der Waals surface area contributed by atoms with Crippen LogP contribution in [0.5, 0.6) is 0 Å². The molecule has 0 atom stereocenters. The zero-order valence-corrected chi connectivity index (χ0v) is 15.3. The number of hydrogen-bond donors (Lipinski definition) is 2. The lowest BCUT2D eigenvalue weighted by Gasteiger charge is -2.10. The van der Waals surface area contributed by atoms with Gasteiger partial charge in [-0.1, -0.05) is 31.9 Å². The van der Waals surface area contributed by atoms with Crippen LogP contribution >= 0.6 is 47.8 Å². The van der Waals surface area contributed by atoms with Gasteiger partial charge in [0.05, 0.1) is 5.69 Å². The van der Waals surface area contributed by atoms with E-state index < -0.39 is 0 Å². The summed E-state index contributed by atoms with van der Waals surface area (Å²) in [5.41, 5.74) is 8.66. The highest BCUT2D eigenvalue weighted by Gasteiger charge is 2.11. The molecule has 0 aliphatic carbocycles. The van der Waals surface area contributed by atoms with Crippen molar-refractivity contribution in [3.05, 3.63) is 54.9 Å². The Morgan fingerprint density at radius 2 is 1.65 bits per heavy atom. The minimum absolute atomic E-state index is 0.198. The van der Waals surface area contributed by atoms with Crippen molar-refractivity contribution >= 4 is 65.1 Å². The monoisotopic (exact) mass is 460 g/mol. The Balaban J connectivity index is 2.30. The Labute approximate surface area is 142 Å². The summed E-state index contributed by atoms with van der Waals surface area (Å²) in [4.78, 5) is 12.3. The molecule has 0 saturated heterocycles. The Kier molecular flexibility index (Phi) is 4.88. The molecular formula is C14H11Br3N2O. The third kappa shape index (κ3) is 3.62. The van der Waals surface area contributed by atoms with Gasteiger partial charge in [0, 0.05) is 24.7 Å². The summed E-state index contributed by atoms with van der Waals surface area (Å²) in [6.45, 7) is 1.91. The average molecular weight is 463 g/mol. The number of amides is 1. The number of nitrogens with two attached hydrogens (primary N) is 1. The highest BCUT2D eigenvalue weighted by atomic mass is 79.9. The molecule has 2 rings (SSSR count). The second-order valence-corrected chi connectivity index (χ2v) is 6.99. The maximum absolute atomic E-state index is 12.3. The number of nitrogens with one attached hydrogen (secondary N) is 1. The van der Waals surface area contributed by atoms with E-state index in [9.17, 15) is 4.79 Å². The summed E-state index contributed by atoms with van der Waals surface area (Å²) in [5.74, 6) is -0.198. The molecule has 6 heteroatoms. The minimum Gasteiger partial charge on any atom is -0.398 e. The van der Waals surface area contributed by atoms with Gasteiger partial charge in [0.2, 0.25) is 0 Å². The molecule has 2 aromatic rings. The predicted molar refractivity (Wildman–Crippen MR) is 93.1 cm³/mol. The van der Waals surface area contributed by atoms with Gasteiger partial charge in [0.15, 0.2) is 0 Å². The molecule has 2 aromatic carbocycles. The first kappa shape index (κ1) is 15.5. The molecule has 0 unspecified atom stereocenters. The Hall–Kier alpha value is -0.850. The Morgan fingerprint density at radius 3 is 2.25 bits per heavy atom. The van der Waals surface area contributed by atoms with Crippen LogP contribution in [0.3, 0.4) is 0 Å². The lowest BCUT2D eigenvalue weighted by Crippen LogP contribution is -2.12. The number of carbonyl (C=O) groups excluding carboxylic acids is 1. The molecule has 0 spiro atoms. The minimum atomic E-state index is -0.198. The molecule has 1 amide bonds. The van der Waals surface area contributed by atoms with Crippen LogP contribution in [0.1, 0.15) is 15.9 Å². The van der Waals surface area contributed by atoms with Crippen molar-refractivity contribution in [2.75, 3.05) is 11.1 Å². The molecule has 0 saturated carbocycles. The number of rotatable bonds is 2. The topological polar surface area (TPSA) is 55.1 Å². The number of nitrogen functional groups attached to an aromatic ring is 1. The van der Waals surface area contributed by atoms with Crippen LogP contribution in [0.25, 0.3) is 0 Å². The number of aryl methyl sites for hydroxylation is 1. The fraction of sp³-hybridized carbons (Fsp3) is 0.0714. The summed E-state index contributed by atoms with van der Waals surface area (Å²) in [5, 5.41) is 2.84. The van der Waals surface area contributed by atoms with Crippen molar-refractivity contribution in [1.29, 1.82) is 0 Å². The fourth-order valence-corrected chi connectivity index (χ4v) is 3.52. The predicted octanol–water partition coefficient (Wildman–Crippen LogP) is 5.12. The van der Waals surface area contributed by atoms with Crippen LogP contribution in [0.2, 0.25) is 0 Å². The quantitative estimate of drug-likeness (QED) is 0.609. The molecule has 0 fully saturated rings. The van der Waals surface area contributed by atoms with Crippen molar-refractivity contribution in [1.82, 2.24) is 0 Å². The van der Waals surface area contributed by atoms with E-state index in [2.05, 4.69) is 53.1 Å². The molecule has 104 valence electrons. The van der Waals surface area contributed by atoms with E-state index in [0.717, 1.165) is 19.0 Å². The maximum Gasteiger partial charge on any atom is 0.255 e. The van der Waals surface area contributed by atoms with Gasteiger partial charge >= 0.3 is 0 Å². The standard InChI is InChI=1S/C14H11Br3N2O/c1-7-2-11(17)13(6-12(7)18)19-14(20)8-3-9(15)5-10(16)4-8/h2-6H,18H2,1H3,(H,19,20). The molecule has 0 aliphatic heterocycles. The van der Waals surface area contributed by atoms with Crippen molar-refractivity contribution in [3.63, 3.8) is 0 Å². The number of hydrogen-bond acceptors (Lipinski definition) is 2. The van der Waals surface area contributed by atoms with Crippen LogP contribution in [0, 0.1) is 6.92 Å². The maximum atomic E-state index is 12.3. The summed E-state index contributed by atoms with van der Waals surface area (Å²) in [7, 11) is 0. The van der Waals surface area contributed by atoms with Gasteiger partial charge in [-0.15, -0.1) is 0 Å². The number of halogens is 3. The van der Waals surface area contributed by atoms with Crippen LogP contribution in [0.4, 0.5) is 11.4 Å². The van der Waals surface area contributed by atoms with E-state index >= 15 is 0 Å². The zero-order chi connectivity index (χ0) is 14.9. The number of carbonyl (C=O) groups is 1. The van der Waals surface area contributed by atoms with Gasteiger partial charge < -0.3 is 11.1 Å². The van der Waals surface area contributed by atoms with Crippen molar-refractivity contribution in [2.24, 2.45) is 0 Å². The Morgan fingerprint density at radius 1 is 1.05 bits per heavy atom. The van der Waals surface area contributed by atoms with Crippen LogP contribution < -0.4 is 11.1 Å². The lowest BCUT2D eigenvalue weighted by molar-refractivity contribution is 0.102. The SMILES string of the molecule is Cc1cc(Br)c(NC(=O)c2cc(Br)cc(Br)c2)cc1N. The molecule has 3 N–H and O–H groups in total. The highest BCUT2D eigenvalue weighted by molar-refractivity contribution is 9.11. The van der Waals surface area contributed by atoms with E-state index in [1.807, 2.05) is 19.1 Å². The number of benzene rings is 2. The van der Waals surface area contributed by atoms with Gasteiger partial charge in [0.1, 0.15) is 0 Å². The second kappa shape index (κ2) is 6.28. The van der Waals surface area contributed by atoms with Crippen LogP contribution in [-0.4, -0.2) is 5.91 Å². The van der Waals surface area contributed by atoms with Gasteiger partial charge in [-0.05, 0) is 58.7 Å². The van der Waals surface area contributed by atoms with Crippen LogP contribution in [0.15, 0.2) is 43.7 Å². The van der Waals surface area contributed by atoms with Crippen molar-refractivity contribution < 1.29 is 4.79 Å². The van der Waals surface area contributed by atoms with E-state index in [-0.39, 0.29) is 5.91 Å². The smallest absolute Gasteiger partial charge is 0.255 e. The van der Waals surface area contributed by atoms with Gasteiger partial charge in [0.25, 0.3) is 5.91 Å². The molecule has 0 heterocycles. The van der Waals surface area contributed by atoms with Crippen molar-refractivity contribution in [2.45, 2.75) is 6.92 Å². The zero-order valence-electron chi connectivity index (χ0n) is 10.5. The second-order valence-electron chi connectivity index (χ2n) is 4.30. The third-order valence-corrected chi connectivity index (χ3v) is 4.30. The van der Waals surface area contributed by atoms with E-state index in [0.29, 0.717) is 16.9 Å². The largest absolute Gasteiger partial charge is 0.398 e. The molecule has 0 aromatic heterocycles. The van der Waals surface area contributed by atoms with E-state index in [1.54, 1.807) is 18.2 Å². The molecule has 20 heavy (non-hydrogen) atoms. The molecular weight excluding hydrogens is 452 g/mol. The van der Waals surface area contributed by atoms with E-state index in [4.69, 9.17) is 5.73 Å². The number of anilines is 2. The summed E-state index contributed by atoms with van der Waals surface area (Å²) in [6.07, 6.45) is 0. The van der Waals surface area contributed by atoms with Gasteiger partial charge in [-0.25, -0.2) is 0 Å². The average Bonchev–Trinajstić information content (AvgIpc) is 2.34. The molecule has 0 radical (unpaired) electrons. The van der Waals surface area contributed by atoms with Gasteiger partial charge in [-0.3, -0.25) is 4.79 Å².